The van der Waals surface area contributed by atoms with Crippen LogP contribution in [0.5, 0.6) is 0 Å². The molecule has 1 N–H and O–H groups in total. The van der Waals surface area contributed by atoms with Crippen molar-refractivity contribution in [3.8, 4) is 5.69 Å². The van der Waals surface area contributed by atoms with Gasteiger partial charge >= 0.3 is 0 Å². The Morgan fingerprint density at radius 1 is 1.26 bits per heavy atom. The highest BCUT2D eigenvalue weighted by Crippen LogP contribution is 2.22. The maximum Gasteiger partial charge on any atom is 0.224 e. The standard InChI is InChI=1S/C18H19N3OS/c1-13-11-14(2)21(20-13)17-6-4-3-5-16(17)19-18(22)8-7-15-9-10-23-12-15/h3-6,9-12H,7-8H2,1-2H3,(H,19,22). The summed E-state index contributed by atoms with van der Waals surface area (Å²) in [5.41, 5.74) is 4.89. The first-order valence-corrected chi connectivity index (χ1v) is 8.51. The summed E-state index contributed by atoms with van der Waals surface area (Å²) in [5.74, 6) is 0.0187. The number of carbonyl (C=O) groups excluding carboxylic acids is 1. The summed E-state index contributed by atoms with van der Waals surface area (Å²) >= 11 is 1.66. The molecule has 4 nitrogen and oxygen atoms in total. The first-order valence-electron chi connectivity index (χ1n) is 7.57. The molecule has 2 aromatic heterocycles. The third-order valence-electron chi connectivity index (χ3n) is 3.64. The van der Waals surface area contributed by atoms with E-state index in [1.54, 1.807) is 11.3 Å². The molecule has 0 spiro atoms. The molecule has 3 aromatic rings. The lowest BCUT2D eigenvalue weighted by atomic mass is 10.2. The quantitative estimate of drug-likeness (QED) is 0.767. The number of rotatable bonds is 5. The molecular formula is C18H19N3OS. The van der Waals surface area contributed by atoms with Gasteiger partial charge in [-0.25, -0.2) is 4.68 Å². The highest BCUT2D eigenvalue weighted by atomic mass is 32.1. The summed E-state index contributed by atoms with van der Waals surface area (Å²) in [6, 6.07) is 11.8. The Balaban J connectivity index is 1.75. The number of aromatic nitrogens is 2. The van der Waals surface area contributed by atoms with E-state index < -0.39 is 0 Å². The molecule has 0 aliphatic carbocycles. The maximum absolute atomic E-state index is 12.2. The number of carbonyl (C=O) groups is 1. The highest BCUT2D eigenvalue weighted by molar-refractivity contribution is 7.07. The highest BCUT2D eigenvalue weighted by Gasteiger charge is 2.11. The smallest absolute Gasteiger partial charge is 0.224 e. The monoisotopic (exact) mass is 325 g/mol. The van der Waals surface area contributed by atoms with Crippen LogP contribution in [0.25, 0.3) is 5.69 Å². The lowest BCUT2D eigenvalue weighted by Crippen LogP contribution is -2.14. The molecular weight excluding hydrogens is 306 g/mol. The van der Waals surface area contributed by atoms with Gasteiger partial charge in [-0.1, -0.05) is 12.1 Å². The van der Waals surface area contributed by atoms with E-state index in [0.717, 1.165) is 29.2 Å². The predicted molar refractivity (Wildman–Crippen MR) is 94.3 cm³/mol. The summed E-state index contributed by atoms with van der Waals surface area (Å²) in [6.45, 7) is 3.97. The second-order valence-corrected chi connectivity index (χ2v) is 6.32. The molecule has 118 valence electrons. The number of para-hydroxylation sites is 2. The average molecular weight is 325 g/mol. The van der Waals surface area contributed by atoms with Crippen molar-refractivity contribution in [2.75, 3.05) is 5.32 Å². The van der Waals surface area contributed by atoms with Crippen LogP contribution in [-0.2, 0) is 11.2 Å². The zero-order valence-corrected chi connectivity index (χ0v) is 14.1. The Morgan fingerprint density at radius 2 is 2.09 bits per heavy atom. The van der Waals surface area contributed by atoms with E-state index in [2.05, 4.69) is 21.9 Å². The molecule has 0 saturated heterocycles. The molecule has 0 aliphatic rings. The molecule has 23 heavy (non-hydrogen) atoms. The number of nitrogens with one attached hydrogen (secondary N) is 1. The molecule has 5 heteroatoms. The van der Waals surface area contributed by atoms with E-state index in [4.69, 9.17) is 0 Å². The zero-order valence-electron chi connectivity index (χ0n) is 13.2. The van der Waals surface area contributed by atoms with Crippen LogP contribution in [0.3, 0.4) is 0 Å². The number of anilines is 1. The van der Waals surface area contributed by atoms with Crippen LogP contribution in [0.1, 0.15) is 23.4 Å². The minimum absolute atomic E-state index is 0.0187. The summed E-state index contributed by atoms with van der Waals surface area (Å²) < 4.78 is 1.86. The van der Waals surface area contributed by atoms with Crippen molar-refractivity contribution in [3.05, 3.63) is 64.1 Å². The number of nitrogens with zero attached hydrogens (tertiary/aromatic N) is 2. The molecule has 3 rings (SSSR count). The number of aryl methyl sites for hydroxylation is 3. The van der Waals surface area contributed by atoms with Crippen molar-refractivity contribution in [1.29, 1.82) is 0 Å². The molecule has 1 aromatic carbocycles. The van der Waals surface area contributed by atoms with Gasteiger partial charge in [0.05, 0.1) is 17.1 Å². The van der Waals surface area contributed by atoms with E-state index in [9.17, 15) is 4.79 Å². The van der Waals surface area contributed by atoms with Gasteiger partial charge in [-0.2, -0.15) is 16.4 Å². The van der Waals surface area contributed by atoms with Crippen LogP contribution in [0.2, 0.25) is 0 Å². The summed E-state index contributed by atoms with van der Waals surface area (Å²) in [6.07, 6.45) is 1.24. The number of benzene rings is 1. The molecule has 0 saturated carbocycles. The van der Waals surface area contributed by atoms with Crippen LogP contribution >= 0.6 is 11.3 Å². The summed E-state index contributed by atoms with van der Waals surface area (Å²) in [7, 11) is 0. The lowest BCUT2D eigenvalue weighted by molar-refractivity contribution is -0.116. The Bertz CT molecular complexity index is 806. The van der Waals surface area contributed by atoms with Gasteiger partial charge in [0.25, 0.3) is 0 Å². The topological polar surface area (TPSA) is 46.9 Å². The number of amides is 1. The molecule has 0 unspecified atom stereocenters. The van der Waals surface area contributed by atoms with Crippen molar-refractivity contribution < 1.29 is 4.79 Å². The van der Waals surface area contributed by atoms with Crippen molar-refractivity contribution in [3.63, 3.8) is 0 Å². The van der Waals surface area contributed by atoms with Gasteiger partial charge < -0.3 is 5.32 Å². The van der Waals surface area contributed by atoms with Crippen LogP contribution in [-0.4, -0.2) is 15.7 Å². The van der Waals surface area contributed by atoms with Gasteiger partial charge in [-0.15, -0.1) is 0 Å². The summed E-state index contributed by atoms with van der Waals surface area (Å²) in [4.78, 5) is 12.2. The van der Waals surface area contributed by atoms with Crippen molar-refractivity contribution >= 4 is 22.9 Å². The zero-order chi connectivity index (χ0) is 16.2. The largest absolute Gasteiger partial charge is 0.324 e. The van der Waals surface area contributed by atoms with E-state index in [1.165, 1.54) is 5.56 Å². The van der Waals surface area contributed by atoms with E-state index in [-0.39, 0.29) is 5.91 Å². The molecule has 0 fully saturated rings. The third kappa shape index (κ3) is 3.68. The minimum Gasteiger partial charge on any atom is -0.324 e. The second kappa shape index (κ2) is 6.79. The van der Waals surface area contributed by atoms with Gasteiger partial charge in [0, 0.05) is 12.1 Å². The van der Waals surface area contributed by atoms with Gasteiger partial charge in [-0.05, 0) is 60.9 Å². The molecule has 0 aliphatic heterocycles. The third-order valence-corrected chi connectivity index (χ3v) is 4.37. The molecule has 0 atom stereocenters. The van der Waals surface area contributed by atoms with E-state index in [1.807, 2.05) is 54.2 Å². The molecule has 0 bridgehead atoms. The van der Waals surface area contributed by atoms with Crippen LogP contribution < -0.4 is 5.32 Å². The normalized spacial score (nSPS) is 10.7. The summed E-state index contributed by atoms with van der Waals surface area (Å²) in [5, 5.41) is 11.6. The van der Waals surface area contributed by atoms with Gasteiger partial charge in [0.2, 0.25) is 5.91 Å². The van der Waals surface area contributed by atoms with Crippen LogP contribution in [0, 0.1) is 13.8 Å². The molecule has 2 heterocycles. The van der Waals surface area contributed by atoms with Crippen molar-refractivity contribution in [1.82, 2.24) is 9.78 Å². The molecule has 0 radical (unpaired) electrons. The number of thiophene rings is 1. The van der Waals surface area contributed by atoms with Gasteiger partial charge in [-0.3, -0.25) is 4.79 Å². The van der Waals surface area contributed by atoms with E-state index >= 15 is 0 Å². The van der Waals surface area contributed by atoms with Crippen LogP contribution in [0.4, 0.5) is 5.69 Å². The van der Waals surface area contributed by atoms with Crippen molar-refractivity contribution in [2.45, 2.75) is 26.7 Å². The lowest BCUT2D eigenvalue weighted by Gasteiger charge is -2.12. The van der Waals surface area contributed by atoms with Gasteiger partial charge in [0.1, 0.15) is 0 Å². The second-order valence-electron chi connectivity index (χ2n) is 5.54. The Morgan fingerprint density at radius 3 is 2.78 bits per heavy atom. The van der Waals surface area contributed by atoms with Crippen LogP contribution in [0.15, 0.2) is 47.2 Å². The van der Waals surface area contributed by atoms with E-state index in [0.29, 0.717) is 6.42 Å². The SMILES string of the molecule is Cc1cc(C)n(-c2ccccc2NC(=O)CCc2ccsc2)n1. The van der Waals surface area contributed by atoms with Gasteiger partial charge in [0.15, 0.2) is 0 Å². The average Bonchev–Trinajstić information content (AvgIpc) is 3.15. The first kappa shape index (κ1) is 15.5. The first-order chi connectivity index (χ1) is 11.1. The van der Waals surface area contributed by atoms with Crippen molar-refractivity contribution in [2.24, 2.45) is 0 Å². The fraction of sp³-hybridized carbons (Fsp3) is 0.222. The minimum atomic E-state index is 0.0187. The Hall–Kier alpha value is -2.40. The Kier molecular flexibility index (Phi) is 4.57. The fourth-order valence-corrected chi connectivity index (χ4v) is 3.25. The predicted octanol–water partition coefficient (Wildman–Crippen LogP) is 4.12. The molecule has 1 amide bonds. The maximum atomic E-state index is 12.2. The number of hydrogen-bond acceptors (Lipinski definition) is 3. The number of hydrogen-bond donors (Lipinski definition) is 1. The fourth-order valence-electron chi connectivity index (χ4n) is 2.54. The Labute approximate surface area is 139 Å².